The summed E-state index contributed by atoms with van der Waals surface area (Å²) in [6, 6.07) is 23.8. The Bertz CT molecular complexity index is 1360. The fourth-order valence-electron chi connectivity index (χ4n) is 4.10. The quantitative estimate of drug-likeness (QED) is 0.375. The first-order chi connectivity index (χ1) is 13.8. The van der Waals surface area contributed by atoms with Gasteiger partial charge in [0.05, 0.1) is 6.61 Å². The molecule has 138 valence electrons. The number of benzene rings is 4. The molecule has 1 heterocycles. The second-order valence-electron chi connectivity index (χ2n) is 6.90. The highest BCUT2D eigenvalue weighted by Gasteiger charge is 2.17. The van der Waals surface area contributed by atoms with Crippen molar-refractivity contribution in [2.75, 3.05) is 6.61 Å². The summed E-state index contributed by atoms with van der Waals surface area (Å²) in [6.45, 7) is 5.86. The van der Waals surface area contributed by atoms with Gasteiger partial charge in [0.2, 0.25) is 5.52 Å². The van der Waals surface area contributed by atoms with Crippen LogP contribution in [0.25, 0.3) is 37.8 Å². The number of aromatic nitrogens is 1. The van der Waals surface area contributed by atoms with E-state index in [9.17, 15) is 0 Å². The van der Waals surface area contributed by atoms with E-state index in [0.29, 0.717) is 6.61 Å². The molecule has 0 spiro atoms. The van der Waals surface area contributed by atoms with Gasteiger partial charge in [-0.3, -0.25) is 0 Å². The third-order valence-corrected chi connectivity index (χ3v) is 6.41. The summed E-state index contributed by atoms with van der Waals surface area (Å²) in [7, 11) is 0. The van der Waals surface area contributed by atoms with Crippen LogP contribution in [-0.2, 0) is 6.54 Å². The van der Waals surface area contributed by atoms with Crippen molar-refractivity contribution < 1.29 is 9.30 Å². The van der Waals surface area contributed by atoms with E-state index in [0.717, 1.165) is 12.3 Å². The first kappa shape index (κ1) is 17.2. The molecule has 1 aromatic heterocycles. The minimum absolute atomic E-state index is 0.662. The van der Waals surface area contributed by atoms with Crippen molar-refractivity contribution in [1.29, 1.82) is 0 Å². The molecule has 0 N–H and O–H groups in total. The Labute approximate surface area is 168 Å². The zero-order valence-electron chi connectivity index (χ0n) is 16.1. The number of para-hydroxylation sites is 1. The third kappa shape index (κ3) is 2.66. The number of rotatable bonds is 4. The predicted octanol–water partition coefficient (Wildman–Crippen LogP) is 5.46. The second kappa shape index (κ2) is 6.92. The molecule has 4 aromatic carbocycles. The summed E-state index contributed by atoms with van der Waals surface area (Å²) in [5.41, 5.74) is 1.30. The van der Waals surface area contributed by atoms with E-state index in [2.05, 4.69) is 84.3 Å². The van der Waals surface area contributed by atoms with Gasteiger partial charge >= 0.3 is 0 Å². The Hall–Kier alpha value is -2.91. The van der Waals surface area contributed by atoms with Crippen molar-refractivity contribution in [3.63, 3.8) is 0 Å². The van der Waals surface area contributed by atoms with Gasteiger partial charge in [0.1, 0.15) is 17.0 Å². The van der Waals surface area contributed by atoms with E-state index in [-0.39, 0.29) is 0 Å². The summed E-state index contributed by atoms with van der Waals surface area (Å²) < 4.78 is 9.74. The summed E-state index contributed by atoms with van der Waals surface area (Å²) >= 11 is 1.84. The summed E-state index contributed by atoms with van der Waals surface area (Å²) in [6.07, 6.45) is 2.32. The fraction of sp³-hybridized carbons (Fsp3) is 0.160. The number of hydrogen-bond donors (Lipinski definition) is 0. The standard InChI is InChI=1S/C25H22NOS/c1-3-26-21-13-5-6-14-23(21)28-24(26)16-18-15-22(27-4-2)20-12-8-10-17-9-7-11-19(18)25(17)20/h5-16H,3-4H2,1-2H3/q+1. The Balaban J connectivity index is 1.88. The zero-order valence-corrected chi connectivity index (χ0v) is 16.9. The smallest absolute Gasteiger partial charge is 0.263 e. The van der Waals surface area contributed by atoms with Crippen molar-refractivity contribution >= 4 is 49.2 Å². The number of hydrogen-bond acceptors (Lipinski definition) is 2. The molecule has 2 nitrogen and oxygen atoms in total. The molecule has 0 aliphatic rings. The number of aryl methyl sites for hydroxylation is 1. The number of nitrogens with zero attached hydrogens (tertiary/aromatic N) is 1. The molecule has 0 bridgehead atoms. The molecule has 5 aromatic rings. The van der Waals surface area contributed by atoms with Gasteiger partial charge in [-0.1, -0.05) is 59.9 Å². The number of thiazole rings is 1. The SMILES string of the molecule is CCOc1cc(=Cc2sc3ccccc3[n+]2CC)c2cccc3cccc1c32. The molecule has 0 saturated heterocycles. The van der Waals surface area contributed by atoms with Crippen LogP contribution in [0.15, 0.2) is 66.7 Å². The average molecular weight is 385 g/mol. The van der Waals surface area contributed by atoms with Crippen molar-refractivity contribution in [3.8, 4) is 5.75 Å². The maximum atomic E-state index is 6.03. The van der Waals surface area contributed by atoms with E-state index < -0.39 is 0 Å². The van der Waals surface area contributed by atoms with E-state index in [1.807, 2.05) is 18.3 Å². The van der Waals surface area contributed by atoms with Crippen molar-refractivity contribution in [1.82, 2.24) is 0 Å². The van der Waals surface area contributed by atoms with Crippen LogP contribution in [0.2, 0.25) is 0 Å². The average Bonchev–Trinajstić information content (AvgIpc) is 3.08. The van der Waals surface area contributed by atoms with Crippen molar-refractivity contribution in [2.24, 2.45) is 0 Å². The minimum atomic E-state index is 0.662. The van der Waals surface area contributed by atoms with Crippen LogP contribution in [0.3, 0.4) is 0 Å². The molecular formula is C25H22NOS+. The summed E-state index contributed by atoms with van der Waals surface area (Å²) in [5.74, 6) is 0.960. The maximum Gasteiger partial charge on any atom is 0.263 e. The van der Waals surface area contributed by atoms with Crippen molar-refractivity contribution in [2.45, 2.75) is 20.4 Å². The molecule has 3 heteroatoms. The number of ether oxygens (including phenoxy) is 1. The van der Waals surface area contributed by atoms with Crippen LogP contribution >= 0.6 is 11.3 Å². The van der Waals surface area contributed by atoms with Crippen LogP contribution in [0.4, 0.5) is 0 Å². The highest BCUT2D eigenvalue weighted by molar-refractivity contribution is 7.18. The van der Waals surface area contributed by atoms with Crippen LogP contribution < -0.4 is 14.5 Å². The lowest BCUT2D eigenvalue weighted by Gasteiger charge is -2.11. The van der Waals surface area contributed by atoms with Gasteiger partial charge in [-0.25, -0.2) is 0 Å². The topological polar surface area (TPSA) is 13.1 Å². The van der Waals surface area contributed by atoms with Gasteiger partial charge in [0, 0.05) is 22.9 Å². The first-order valence-electron chi connectivity index (χ1n) is 9.80. The molecule has 0 amide bonds. The van der Waals surface area contributed by atoms with Gasteiger partial charge in [0.25, 0.3) is 5.01 Å². The molecule has 0 aliphatic heterocycles. The molecule has 0 atom stereocenters. The van der Waals surface area contributed by atoms with E-state index in [4.69, 9.17) is 4.74 Å². The molecule has 5 rings (SSSR count). The lowest BCUT2D eigenvalue weighted by atomic mass is 9.98. The highest BCUT2D eigenvalue weighted by atomic mass is 32.1. The predicted molar refractivity (Wildman–Crippen MR) is 119 cm³/mol. The molecular weight excluding hydrogens is 362 g/mol. The third-order valence-electron chi connectivity index (χ3n) is 5.30. The normalized spacial score (nSPS) is 12.4. The summed E-state index contributed by atoms with van der Waals surface area (Å²) in [5, 5.41) is 7.48. The lowest BCUT2D eigenvalue weighted by Crippen LogP contribution is -2.34. The largest absolute Gasteiger partial charge is 0.493 e. The molecule has 0 radical (unpaired) electrons. The van der Waals surface area contributed by atoms with Crippen LogP contribution in [0, 0.1) is 0 Å². The van der Waals surface area contributed by atoms with E-state index in [1.165, 1.54) is 42.0 Å². The Kier molecular flexibility index (Phi) is 4.25. The van der Waals surface area contributed by atoms with E-state index >= 15 is 0 Å². The summed E-state index contributed by atoms with van der Waals surface area (Å²) in [4.78, 5) is 0. The number of fused-ring (bicyclic) bond motifs is 1. The Morgan fingerprint density at radius 2 is 1.71 bits per heavy atom. The first-order valence-corrected chi connectivity index (χ1v) is 10.6. The second-order valence-corrected chi connectivity index (χ2v) is 7.97. The fourth-order valence-corrected chi connectivity index (χ4v) is 5.28. The zero-order chi connectivity index (χ0) is 19.1. The van der Waals surface area contributed by atoms with Crippen LogP contribution in [0.1, 0.15) is 18.9 Å². The van der Waals surface area contributed by atoms with Crippen LogP contribution in [0.5, 0.6) is 5.75 Å². The molecule has 0 saturated carbocycles. The van der Waals surface area contributed by atoms with Gasteiger partial charge in [0.15, 0.2) is 0 Å². The maximum absolute atomic E-state index is 6.03. The molecule has 0 unspecified atom stereocenters. The molecule has 28 heavy (non-hydrogen) atoms. The monoisotopic (exact) mass is 384 g/mol. The van der Waals surface area contributed by atoms with Gasteiger partial charge in [-0.2, -0.15) is 4.57 Å². The van der Waals surface area contributed by atoms with Crippen molar-refractivity contribution in [3.05, 3.63) is 77.0 Å². The van der Waals surface area contributed by atoms with E-state index in [1.54, 1.807) is 0 Å². The van der Waals surface area contributed by atoms with Gasteiger partial charge in [-0.05, 0) is 42.0 Å². The highest BCUT2D eigenvalue weighted by Crippen LogP contribution is 2.31. The van der Waals surface area contributed by atoms with Gasteiger partial charge in [-0.15, -0.1) is 0 Å². The van der Waals surface area contributed by atoms with Crippen LogP contribution in [-0.4, -0.2) is 6.61 Å². The minimum Gasteiger partial charge on any atom is -0.493 e. The Morgan fingerprint density at radius 3 is 2.50 bits per heavy atom. The molecule has 0 aliphatic carbocycles. The molecule has 0 fully saturated rings. The van der Waals surface area contributed by atoms with Gasteiger partial charge < -0.3 is 4.74 Å². The lowest BCUT2D eigenvalue weighted by molar-refractivity contribution is -0.665. The Morgan fingerprint density at radius 1 is 0.929 bits per heavy atom.